The number of carbonyl (C=O) groups is 1. The molecule has 1 aromatic heterocycles. The summed E-state index contributed by atoms with van der Waals surface area (Å²) in [6, 6.07) is 15.6. The number of hydrogen-bond donors (Lipinski definition) is 0. The van der Waals surface area contributed by atoms with E-state index in [0.717, 1.165) is 59.5 Å². The Balaban J connectivity index is 1.58. The number of carbonyl (C=O) groups excluding carboxylic acids is 1. The van der Waals surface area contributed by atoms with Gasteiger partial charge in [-0.3, -0.25) is 9.36 Å². The lowest BCUT2D eigenvalue weighted by Gasteiger charge is -2.17. The molecule has 1 fully saturated rings. The fourth-order valence-electron chi connectivity index (χ4n) is 3.69. The molecule has 0 N–H and O–H groups in total. The number of likely N-dealkylation sites (tertiary alicyclic amines) is 1. The highest BCUT2D eigenvalue weighted by Gasteiger charge is 2.22. The van der Waals surface area contributed by atoms with Gasteiger partial charge in [0.15, 0.2) is 11.0 Å². The summed E-state index contributed by atoms with van der Waals surface area (Å²) in [6.07, 6.45) is 2.16. The third-order valence-corrected chi connectivity index (χ3v) is 6.28. The Morgan fingerprint density at radius 1 is 1.03 bits per heavy atom. The van der Waals surface area contributed by atoms with Gasteiger partial charge in [-0.2, -0.15) is 0 Å². The van der Waals surface area contributed by atoms with E-state index in [4.69, 9.17) is 9.47 Å². The second kappa shape index (κ2) is 9.98. The minimum atomic E-state index is 0.116. The third-order valence-electron chi connectivity index (χ3n) is 5.30. The van der Waals surface area contributed by atoms with Crippen LogP contribution in [0.3, 0.4) is 0 Å². The van der Waals surface area contributed by atoms with Crippen molar-refractivity contribution in [1.29, 1.82) is 0 Å². The highest BCUT2D eigenvalue weighted by Crippen LogP contribution is 2.28. The fourth-order valence-corrected chi connectivity index (χ4v) is 4.67. The molecule has 0 unspecified atom stereocenters. The van der Waals surface area contributed by atoms with E-state index in [1.54, 1.807) is 26.0 Å². The van der Waals surface area contributed by atoms with Gasteiger partial charge in [0.05, 0.1) is 7.11 Å². The van der Waals surface area contributed by atoms with Crippen molar-refractivity contribution in [2.24, 2.45) is 0 Å². The summed E-state index contributed by atoms with van der Waals surface area (Å²) in [5.41, 5.74) is 2.70. The van der Waals surface area contributed by atoms with Gasteiger partial charge >= 0.3 is 0 Å². The predicted octanol–water partition coefficient (Wildman–Crippen LogP) is 3.95. The number of amides is 1. The van der Waals surface area contributed by atoms with Crippen molar-refractivity contribution in [2.45, 2.75) is 30.4 Å². The zero-order valence-electron chi connectivity index (χ0n) is 17.8. The quantitative estimate of drug-likeness (QED) is 0.496. The number of aromatic nitrogens is 3. The predicted molar refractivity (Wildman–Crippen MR) is 120 cm³/mol. The molecule has 0 spiro atoms. The average molecular weight is 439 g/mol. The van der Waals surface area contributed by atoms with Gasteiger partial charge in [0.25, 0.3) is 5.91 Å². The van der Waals surface area contributed by atoms with Gasteiger partial charge in [0.2, 0.25) is 0 Å². The van der Waals surface area contributed by atoms with Crippen LogP contribution in [0.4, 0.5) is 0 Å². The van der Waals surface area contributed by atoms with E-state index in [-0.39, 0.29) is 5.91 Å². The first-order chi connectivity index (χ1) is 15.2. The second-order valence-electron chi connectivity index (χ2n) is 7.31. The van der Waals surface area contributed by atoms with Gasteiger partial charge in [-0.05, 0) is 48.7 Å². The molecule has 8 heteroatoms. The van der Waals surface area contributed by atoms with Gasteiger partial charge in [0, 0.05) is 37.2 Å². The summed E-state index contributed by atoms with van der Waals surface area (Å²) in [5.74, 6) is 2.24. The summed E-state index contributed by atoms with van der Waals surface area (Å²) in [6.45, 7) is 2.03. The maximum absolute atomic E-state index is 13.0. The van der Waals surface area contributed by atoms with Crippen LogP contribution in [0.2, 0.25) is 0 Å². The van der Waals surface area contributed by atoms with E-state index >= 15 is 0 Å². The summed E-state index contributed by atoms with van der Waals surface area (Å²) in [5, 5.41) is 9.46. The van der Waals surface area contributed by atoms with E-state index in [1.807, 2.05) is 58.0 Å². The minimum absolute atomic E-state index is 0.116. The molecule has 0 bridgehead atoms. The Bertz CT molecular complexity index is 1030. The van der Waals surface area contributed by atoms with Crippen molar-refractivity contribution in [3.63, 3.8) is 0 Å². The summed E-state index contributed by atoms with van der Waals surface area (Å²) >= 11 is 1.56. The fraction of sp³-hybridized carbons (Fsp3) is 0.348. The molecule has 3 aromatic rings. The first-order valence-corrected chi connectivity index (χ1v) is 11.3. The maximum Gasteiger partial charge on any atom is 0.254 e. The summed E-state index contributed by atoms with van der Waals surface area (Å²) < 4.78 is 12.6. The van der Waals surface area contributed by atoms with Gasteiger partial charge in [-0.1, -0.05) is 30.0 Å². The number of benzene rings is 2. The highest BCUT2D eigenvalue weighted by molar-refractivity contribution is 7.98. The Morgan fingerprint density at radius 2 is 1.77 bits per heavy atom. The van der Waals surface area contributed by atoms with Gasteiger partial charge in [-0.25, -0.2) is 0 Å². The van der Waals surface area contributed by atoms with Gasteiger partial charge in [-0.15, -0.1) is 10.2 Å². The van der Waals surface area contributed by atoms with Crippen molar-refractivity contribution in [1.82, 2.24) is 19.7 Å². The molecule has 0 atom stereocenters. The van der Waals surface area contributed by atoms with E-state index in [0.29, 0.717) is 12.4 Å². The molecular weight excluding hydrogens is 412 g/mol. The van der Waals surface area contributed by atoms with Crippen LogP contribution in [0.1, 0.15) is 34.6 Å². The number of methoxy groups -OCH3 is 2. The molecule has 0 saturated carbocycles. The number of thioether (sulfide) groups is 1. The first-order valence-electron chi connectivity index (χ1n) is 10.3. The van der Waals surface area contributed by atoms with Crippen molar-refractivity contribution >= 4 is 17.7 Å². The molecule has 162 valence electrons. The van der Waals surface area contributed by atoms with Crippen LogP contribution < -0.4 is 4.74 Å². The Morgan fingerprint density at radius 3 is 2.48 bits per heavy atom. The van der Waals surface area contributed by atoms with Crippen LogP contribution in [0.25, 0.3) is 5.69 Å². The topological polar surface area (TPSA) is 69.5 Å². The van der Waals surface area contributed by atoms with Crippen molar-refractivity contribution in [3.05, 3.63) is 65.5 Å². The molecule has 1 amide bonds. The molecule has 4 rings (SSSR count). The zero-order chi connectivity index (χ0) is 21.6. The van der Waals surface area contributed by atoms with Crippen LogP contribution in [-0.4, -0.2) is 52.9 Å². The number of nitrogens with zero attached hydrogens (tertiary/aromatic N) is 4. The zero-order valence-corrected chi connectivity index (χ0v) is 18.6. The Kier molecular flexibility index (Phi) is 6.89. The van der Waals surface area contributed by atoms with Crippen molar-refractivity contribution < 1.29 is 14.3 Å². The molecule has 0 radical (unpaired) electrons. The van der Waals surface area contributed by atoms with Gasteiger partial charge in [0.1, 0.15) is 12.4 Å². The smallest absolute Gasteiger partial charge is 0.254 e. The molecule has 31 heavy (non-hydrogen) atoms. The van der Waals surface area contributed by atoms with E-state index in [2.05, 4.69) is 10.2 Å². The second-order valence-corrected chi connectivity index (χ2v) is 8.25. The normalized spacial score (nSPS) is 13.5. The minimum Gasteiger partial charge on any atom is -0.497 e. The van der Waals surface area contributed by atoms with Crippen LogP contribution in [0.15, 0.2) is 53.7 Å². The van der Waals surface area contributed by atoms with E-state index in [9.17, 15) is 4.79 Å². The number of ether oxygens (including phenoxy) is 2. The largest absolute Gasteiger partial charge is 0.497 e. The Hall–Kier alpha value is -2.84. The van der Waals surface area contributed by atoms with Crippen molar-refractivity contribution in [2.75, 3.05) is 27.3 Å². The molecule has 0 aliphatic carbocycles. The lowest BCUT2D eigenvalue weighted by atomic mass is 10.1. The maximum atomic E-state index is 13.0. The Labute approximate surface area is 186 Å². The molecule has 7 nitrogen and oxygen atoms in total. The van der Waals surface area contributed by atoms with Gasteiger partial charge < -0.3 is 14.4 Å². The number of rotatable bonds is 8. The molecule has 1 saturated heterocycles. The molecule has 2 aromatic carbocycles. The van der Waals surface area contributed by atoms with E-state index < -0.39 is 0 Å². The summed E-state index contributed by atoms with van der Waals surface area (Å²) in [7, 11) is 3.28. The number of hydrogen-bond acceptors (Lipinski definition) is 6. The molecular formula is C23H26N4O3S. The van der Waals surface area contributed by atoms with Crippen molar-refractivity contribution in [3.8, 4) is 11.4 Å². The lowest BCUT2D eigenvalue weighted by Crippen LogP contribution is -2.28. The average Bonchev–Trinajstić information content (AvgIpc) is 3.48. The van der Waals surface area contributed by atoms with Crippen LogP contribution in [0, 0.1) is 0 Å². The first kappa shape index (κ1) is 21.4. The molecule has 1 aliphatic heterocycles. The van der Waals surface area contributed by atoms with Crippen LogP contribution >= 0.6 is 11.8 Å². The molecule has 1 aliphatic rings. The SMILES string of the molecule is COCc1nnc(SCc2ccccc2C(=O)N2CCCC2)n1-c1ccc(OC)cc1. The van der Waals surface area contributed by atoms with Crippen LogP contribution in [-0.2, 0) is 17.1 Å². The summed E-state index contributed by atoms with van der Waals surface area (Å²) in [4.78, 5) is 14.9. The standard InChI is InChI=1S/C23H26N4O3S/c1-29-15-21-24-25-23(27(21)18-9-11-19(30-2)12-10-18)31-16-17-7-3-4-8-20(17)22(28)26-13-5-6-14-26/h3-4,7-12H,5-6,13-16H2,1-2H3. The highest BCUT2D eigenvalue weighted by atomic mass is 32.2. The monoisotopic (exact) mass is 438 g/mol. The molecule has 2 heterocycles. The van der Waals surface area contributed by atoms with E-state index in [1.165, 1.54) is 0 Å². The lowest BCUT2D eigenvalue weighted by molar-refractivity contribution is 0.0792. The third kappa shape index (κ3) is 4.75. The van der Waals surface area contributed by atoms with Crippen LogP contribution in [0.5, 0.6) is 5.75 Å².